The van der Waals surface area contributed by atoms with E-state index in [1.807, 2.05) is 30.5 Å². The van der Waals surface area contributed by atoms with E-state index in [4.69, 9.17) is 11.5 Å². The summed E-state index contributed by atoms with van der Waals surface area (Å²) in [6.45, 7) is 2.10. The van der Waals surface area contributed by atoms with Gasteiger partial charge in [0, 0.05) is 23.6 Å². The first-order valence-corrected chi connectivity index (χ1v) is 6.90. The van der Waals surface area contributed by atoms with Crippen LogP contribution in [0.4, 0.5) is 0 Å². The van der Waals surface area contributed by atoms with E-state index in [0.717, 1.165) is 16.5 Å². The number of hydrogen-bond acceptors (Lipinski definition) is 3. The van der Waals surface area contributed by atoms with Gasteiger partial charge in [-0.2, -0.15) is 0 Å². The Bertz CT molecular complexity index is 650. The largest absolute Gasteiger partial charge is 0.368 e. The average Bonchev–Trinajstić information content (AvgIpc) is 2.87. The molecule has 0 spiro atoms. The standard InChI is InChI=1S/C15H20N4O2/c1-2-19(9-14(17)20)15(21)12(16)7-10-8-18-13-6-4-3-5-11(10)13/h3-6,8,12,18H,2,7,9,16H2,1H3,(H2,17,20). The summed E-state index contributed by atoms with van der Waals surface area (Å²) in [4.78, 5) is 27.8. The highest BCUT2D eigenvalue weighted by molar-refractivity contribution is 5.88. The minimum atomic E-state index is -0.691. The summed E-state index contributed by atoms with van der Waals surface area (Å²) < 4.78 is 0. The lowest BCUT2D eigenvalue weighted by molar-refractivity contribution is -0.136. The SMILES string of the molecule is CCN(CC(N)=O)C(=O)C(N)Cc1c[nH]c2ccccc12. The lowest BCUT2D eigenvalue weighted by atomic mass is 10.0. The Kier molecular flexibility index (Phi) is 4.59. The van der Waals surface area contributed by atoms with Crippen LogP contribution in [0, 0.1) is 0 Å². The number of rotatable bonds is 6. The number of aromatic amines is 1. The first-order valence-electron chi connectivity index (χ1n) is 6.90. The molecule has 2 rings (SSSR count). The maximum absolute atomic E-state index is 12.3. The third kappa shape index (κ3) is 3.41. The molecule has 1 aromatic heterocycles. The van der Waals surface area contributed by atoms with Crippen LogP contribution in [0.1, 0.15) is 12.5 Å². The average molecular weight is 288 g/mol. The smallest absolute Gasteiger partial charge is 0.240 e. The molecule has 0 aliphatic rings. The number of benzene rings is 1. The number of nitrogens with two attached hydrogens (primary N) is 2. The molecule has 0 saturated heterocycles. The van der Waals surface area contributed by atoms with E-state index >= 15 is 0 Å². The Hall–Kier alpha value is -2.34. The van der Waals surface area contributed by atoms with Crippen molar-refractivity contribution >= 4 is 22.7 Å². The molecule has 112 valence electrons. The summed E-state index contributed by atoms with van der Waals surface area (Å²) in [6.07, 6.45) is 2.28. The Morgan fingerprint density at radius 3 is 2.71 bits per heavy atom. The number of likely N-dealkylation sites (N-methyl/N-ethyl adjacent to an activating group) is 1. The number of primary amides is 1. The quantitative estimate of drug-likeness (QED) is 0.715. The van der Waals surface area contributed by atoms with E-state index in [9.17, 15) is 9.59 Å². The Balaban J connectivity index is 2.11. The van der Waals surface area contributed by atoms with Gasteiger partial charge in [0.05, 0.1) is 12.6 Å². The number of carbonyl (C=O) groups excluding carboxylic acids is 2. The minimum Gasteiger partial charge on any atom is -0.368 e. The topological polar surface area (TPSA) is 105 Å². The molecular formula is C15H20N4O2. The zero-order chi connectivity index (χ0) is 15.4. The highest BCUT2D eigenvalue weighted by Crippen LogP contribution is 2.19. The molecule has 0 saturated carbocycles. The van der Waals surface area contributed by atoms with Crippen molar-refractivity contribution in [2.45, 2.75) is 19.4 Å². The van der Waals surface area contributed by atoms with Crippen LogP contribution in [0.25, 0.3) is 10.9 Å². The van der Waals surface area contributed by atoms with Crippen LogP contribution in [-0.2, 0) is 16.0 Å². The second-order valence-corrected chi connectivity index (χ2v) is 4.99. The zero-order valence-corrected chi connectivity index (χ0v) is 12.0. The van der Waals surface area contributed by atoms with Gasteiger partial charge in [0.15, 0.2) is 0 Å². The summed E-state index contributed by atoms with van der Waals surface area (Å²) in [7, 11) is 0. The Morgan fingerprint density at radius 2 is 2.05 bits per heavy atom. The molecule has 21 heavy (non-hydrogen) atoms. The predicted octanol–water partition coefficient (Wildman–Crippen LogP) is 0.372. The van der Waals surface area contributed by atoms with Crippen LogP contribution in [0.3, 0.4) is 0 Å². The van der Waals surface area contributed by atoms with Gasteiger partial charge in [-0.15, -0.1) is 0 Å². The molecule has 1 atom stereocenters. The predicted molar refractivity (Wildman–Crippen MR) is 81.4 cm³/mol. The van der Waals surface area contributed by atoms with Gasteiger partial charge in [-0.05, 0) is 25.0 Å². The van der Waals surface area contributed by atoms with Gasteiger partial charge < -0.3 is 21.4 Å². The third-order valence-corrected chi connectivity index (χ3v) is 3.47. The molecule has 0 aliphatic carbocycles. The normalized spacial score (nSPS) is 12.3. The van der Waals surface area contributed by atoms with Crippen molar-refractivity contribution in [2.24, 2.45) is 11.5 Å². The van der Waals surface area contributed by atoms with Crippen LogP contribution < -0.4 is 11.5 Å². The Labute approximate surface area is 123 Å². The zero-order valence-electron chi connectivity index (χ0n) is 12.0. The van der Waals surface area contributed by atoms with Crippen LogP contribution in [0.15, 0.2) is 30.5 Å². The van der Waals surface area contributed by atoms with E-state index in [1.165, 1.54) is 4.90 Å². The number of nitrogens with zero attached hydrogens (tertiary/aromatic N) is 1. The fraction of sp³-hybridized carbons (Fsp3) is 0.333. The lowest BCUT2D eigenvalue weighted by Crippen LogP contribution is -2.47. The number of para-hydroxylation sites is 1. The number of carbonyl (C=O) groups is 2. The summed E-state index contributed by atoms with van der Waals surface area (Å²) >= 11 is 0. The maximum Gasteiger partial charge on any atom is 0.240 e. The van der Waals surface area contributed by atoms with E-state index in [-0.39, 0.29) is 12.5 Å². The molecule has 1 unspecified atom stereocenters. The summed E-state index contributed by atoms with van der Waals surface area (Å²) in [5.74, 6) is -0.800. The van der Waals surface area contributed by atoms with Crippen molar-refractivity contribution in [1.29, 1.82) is 0 Å². The molecule has 1 aromatic carbocycles. The van der Waals surface area contributed by atoms with Crippen molar-refractivity contribution in [3.05, 3.63) is 36.0 Å². The van der Waals surface area contributed by atoms with Gasteiger partial charge in [-0.1, -0.05) is 18.2 Å². The molecule has 2 amide bonds. The molecule has 0 fully saturated rings. The molecule has 6 nitrogen and oxygen atoms in total. The van der Waals surface area contributed by atoms with Crippen molar-refractivity contribution < 1.29 is 9.59 Å². The number of aromatic nitrogens is 1. The van der Waals surface area contributed by atoms with Crippen molar-refractivity contribution in [3.8, 4) is 0 Å². The van der Waals surface area contributed by atoms with Gasteiger partial charge in [0.1, 0.15) is 0 Å². The van der Waals surface area contributed by atoms with Crippen LogP contribution >= 0.6 is 0 Å². The van der Waals surface area contributed by atoms with Gasteiger partial charge in [-0.25, -0.2) is 0 Å². The van der Waals surface area contributed by atoms with Gasteiger partial charge in [0.2, 0.25) is 11.8 Å². The first kappa shape index (κ1) is 15.1. The molecule has 6 heteroatoms. The van der Waals surface area contributed by atoms with Crippen LogP contribution in [0.5, 0.6) is 0 Å². The molecular weight excluding hydrogens is 268 g/mol. The van der Waals surface area contributed by atoms with Gasteiger partial charge in [0.25, 0.3) is 0 Å². The summed E-state index contributed by atoms with van der Waals surface area (Å²) in [5, 5.41) is 1.05. The first-order chi connectivity index (χ1) is 10.0. The van der Waals surface area contributed by atoms with Gasteiger partial charge >= 0.3 is 0 Å². The molecule has 5 N–H and O–H groups in total. The van der Waals surface area contributed by atoms with E-state index in [2.05, 4.69) is 4.98 Å². The molecule has 2 aromatic rings. The van der Waals surface area contributed by atoms with Crippen LogP contribution in [-0.4, -0.2) is 40.8 Å². The Morgan fingerprint density at radius 1 is 1.33 bits per heavy atom. The number of nitrogens with one attached hydrogen (secondary N) is 1. The van der Waals surface area contributed by atoms with Gasteiger partial charge in [-0.3, -0.25) is 9.59 Å². The molecule has 0 radical (unpaired) electrons. The van der Waals surface area contributed by atoms with E-state index in [1.54, 1.807) is 6.92 Å². The number of amides is 2. The second-order valence-electron chi connectivity index (χ2n) is 4.99. The molecule has 0 bridgehead atoms. The van der Waals surface area contributed by atoms with E-state index in [0.29, 0.717) is 13.0 Å². The maximum atomic E-state index is 12.3. The summed E-state index contributed by atoms with van der Waals surface area (Å²) in [6, 6.07) is 7.15. The van der Waals surface area contributed by atoms with E-state index < -0.39 is 11.9 Å². The number of hydrogen-bond donors (Lipinski definition) is 3. The molecule has 0 aliphatic heterocycles. The monoisotopic (exact) mass is 288 g/mol. The highest BCUT2D eigenvalue weighted by Gasteiger charge is 2.22. The molecule has 1 heterocycles. The third-order valence-electron chi connectivity index (χ3n) is 3.47. The fourth-order valence-corrected chi connectivity index (χ4v) is 2.39. The van der Waals surface area contributed by atoms with Crippen LogP contribution in [0.2, 0.25) is 0 Å². The van der Waals surface area contributed by atoms with Crippen molar-refractivity contribution in [1.82, 2.24) is 9.88 Å². The second kappa shape index (κ2) is 6.41. The van der Waals surface area contributed by atoms with Crippen molar-refractivity contribution in [3.63, 3.8) is 0 Å². The summed E-state index contributed by atoms with van der Waals surface area (Å²) in [5.41, 5.74) is 13.1. The highest BCUT2D eigenvalue weighted by atomic mass is 16.2. The minimum absolute atomic E-state index is 0.100. The fourth-order valence-electron chi connectivity index (χ4n) is 2.39. The lowest BCUT2D eigenvalue weighted by Gasteiger charge is -2.22. The number of H-pyrrole nitrogens is 1. The number of fused-ring (bicyclic) bond motifs is 1. The van der Waals surface area contributed by atoms with Crippen molar-refractivity contribution in [2.75, 3.05) is 13.1 Å².